The number of nitrogens with one attached hydrogen (secondary N) is 2. The normalized spacial score (nSPS) is 13.7. The number of hydrogen-bond acceptors (Lipinski definition) is 4. The molecule has 200 valence electrons. The fourth-order valence-corrected chi connectivity index (χ4v) is 4.22. The first kappa shape index (κ1) is 26.8. The van der Waals surface area contributed by atoms with Crippen LogP contribution in [0.4, 0.5) is 35.0 Å². The number of urea groups is 1. The summed E-state index contributed by atoms with van der Waals surface area (Å²) >= 11 is 0. The van der Waals surface area contributed by atoms with Gasteiger partial charge in [-0.15, -0.1) is 13.2 Å². The number of carbonyl (C=O) groups is 2. The van der Waals surface area contributed by atoms with Crippen LogP contribution < -0.4 is 20.3 Å². The number of benzene rings is 3. The summed E-state index contributed by atoms with van der Waals surface area (Å²) in [6.07, 6.45) is -2.79. The van der Waals surface area contributed by atoms with Gasteiger partial charge >= 0.3 is 12.4 Å². The van der Waals surface area contributed by atoms with E-state index in [1.54, 1.807) is 4.90 Å². The number of aryl methyl sites for hydroxylation is 1. The number of anilines is 3. The molecule has 0 saturated carbocycles. The number of halogens is 3. The molecule has 1 heterocycles. The lowest BCUT2D eigenvalue weighted by atomic mass is 10.1. The minimum absolute atomic E-state index is 0.0319. The van der Waals surface area contributed by atoms with Crippen LogP contribution in [0, 0.1) is 0 Å². The van der Waals surface area contributed by atoms with Crippen LogP contribution in [-0.2, 0) is 11.2 Å². The first-order chi connectivity index (χ1) is 18.3. The monoisotopic (exact) mass is 526 g/mol. The fourth-order valence-electron chi connectivity index (χ4n) is 4.22. The van der Waals surface area contributed by atoms with Crippen LogP contribution >= 0.6 is 0 Å². The minimum atomic E-state index is -4.85. The van der Waals surface area contributed by atoms with Gasteiger partial charge in [-0.25, -0.2) is 4.79 Å². The Morgan fingerprint density at radius 3 is 2.16 bits per heavy atom. The third kappa shape index (κ3) is 7.89. The summed E-state index contributed by atoms with van der Waals surface area (Å²) in [5, 5.41) is 5.43. The minimum Gasteiger partial charge on any atom is -0.404 e. The van der Waals surface area contributed by atoms with Gasteiger partial charge in [-0.3, -0.25) is 4.79 Å². The summed E-state index contributed by atoms with van der Waals surface area (Å²) in [4.78, 5) is 28.6. The number of amides is 3. The smallest absolute Gasteiger partial charge is 0.404 e. The van der Waals surface area contributed by atoms with Gasteiger partial charge in [0.25, 0.3) is 0 Å². The van der Waals surface area contributed by atoms with E-state index >= 15 is 0 Å². The molecule has 7 nitrogen and oxygen atoms in total. The van der Waals surface area contributed by atoms with E-state index in [-0.39, 0.29) is 11.6 Å². The molecular weight excluding hydrogens is 497 g/mol. The van der Waals surface area contributed by atoms with Crippen molar-refractivity contribution < 1.29 is 27.5 Å². The topological polar surface area (TPSA) is 73.9 Å². The quantitative estimate of drug-likeness (QED) is 0.383. The van der Waals surface area contributed by atoms with Crippen molar-refractivity contribution in [3.05, 3.63) is 84.4 Å². The highest BCUT2D eigenvalue weighted by molar-refractivity contribution is 5.91. The van der Waals surface area contributed by atoms with Gasteiger partial charge in [0.1, 0.15) is 0 Å². The summed E-state index contributed by atoms with van der Waals surface area (Å²) in [5.74, 6) is -0.495. The first-order valence-electron chi connectivity index (χ1n) is 12.4. The Morgan fingerprint density at radius 1 is 0.816 bits per heavy atom. The molecule has 10 heteroatoms. The van der Waals surface area contributed by atoms with Gasteiger partial charge in [-0.05, 0) is 54.8 Å². The van der Waals surface area contributed by atoms with Gasteiger partial charge in [0.2, 0.25) is 5.91 Å². The number of nitrogens with zero attached hydrogens (tertiary/aromatic N) is 2. The largest absolute Gasteiger partial charge is 0.573 e. The van der Waals surface area contributed by atoms with E-state index in [1.165, 1.54) is 23.8 Å². The molecule has 38 heavy (non-hydrogen) atoms. The molecule has 0 radical (unpaired) electrons. The summed E-state index contributed by atoms with van der Waals surface area (Å²) < 4.78 is 41.9. The standard InChI is InChI=1S/C28H29F3N4O3/c29-28(30,31)38-25-11-5-4-10-24(25)33-27(37)35-19-17-34(18-20-35)23-15-13-22(14-16-23)32-26(36)12-6-9-21-7-2-1-3-8-21/h1-5,7-8,10-11,13-16H,6,9,12,17-20H2,(H,32,36)(H,33,37). The number of para-hydroxylation sites is 2. The fraction of sp³-hybridized carbons (Fsp3) is 0.286. The number of carbonyl (C=O) groups excluding carboxylic acids is 2. The predicted octanol–water partition coefficient (Wildman–Crippen LogP) is 5.90. The molecule has 1 aliphatic heterocycles. The molecule has 1 fully saturated rings. The van der Waals surface area contributed by atoms with E-state index in [4.69, 9.17) is 0 Å². The lowest BCUT2D eigenvalue weighted by molar-refractivity contribution is -0.274. The Balaban J connectivity index is 1.22. The van der Waals surface area contributed by atoms with Gasteiger partial charge in [0, 0.05) is 44.0 Å². The van der Waals surface area contributed by atoms with Crippen molar-refractivity contribution in [2.75, 3.05) is 41.7 Å². The molecule has 1 aliphatic rings. The number of hydrogen-bond donors (Lipinski definition) is 2. The Labute approximate surface area is 219 Å². The van der Waals surface area contributed by atoms with E-state index in [0.717, 1.165) is 30.3 Å². The number of alkyl halides is 3. The van der Waals surface area contributed by atoms with E-state index in [0.29, 0.717) is 32.6 Å². The van der Waals surface area contributed by atoms with Gasteiger partial charge in [-0.1, -0.05) is 42.5 Å². The van der Waals surface area contributed by atoms with E-state index in [9.17, 15) is 22.8 Å². The summed E-state index contributed by atoms with van der Waals surface area (Å²) in [6.45, 7) is 1.90. The van der Waals surface area contributed by atoms with Crippen molar-refractivity contribution in [2.45, 2.75) is 25.6 Å². The number of piperazine rings is 1. The Bertz CT molecular complexity index is 1210. The van der Waals surface area contributed by atoms with Crippen molar-refractivity contribution in [1.29, 1.82) is 0 Å². The molecule has 0 aromatic heterocycles. The van der Waals surface area contributed by atoms with Gasteiger partial charge in [0.05, 0.1) is 5.69 Å². The Hall–Kier alpha value is -4.21. The van der Waals surface area contributed by atoms with E-state index in [2.05, 4.69) is 32.4 Å². The predicted molar refractivity (Wildman–Crippen MR) is 140 cm³/mol. The third-order valence-corrected chi connectivity index (χ3v) is 6.15. The van der Waals surface area contributed by atoms with Crippen molar-refractivity contribution in [1.82, 2.24) is 4.90 Å². The van der Waals surface area contributed by atoms with Crippen molar-refractivity contribution in [3.63, 3.8) is 0 Å². The van der Waals surface area contributed by atoms with Gasteiger partial charge < -0.3 is 25.2 Å². The van der Waals surface area contributed by atoms with Crippen LogP contribution in [0.15, 0.2) is 78.9 Å². The molecule has 3 aromatic rings. The zero-order valence-electron chi connectivity index (χ0n) is 20.7. The number of ether oxygens (including phenoxy) is 1. The highest BCUT2D eigenvalue weighted by Gasteiger charge is 2.32. The number of rotatable bonds is 8. The van der Waals surface area contributed by atoms with Crippen LogP contribution in [0.5, 0.6) is 5.75 Å². The summed E-state index contributed by atoms with van der Waals surface area (Å²) in [7, 11) is 0. The average molecular weight is 527 g/mol. The average Bonchev–Trinajstić information content (AvgIpc) is 2.90. The lowest BCUT2D eigenvalue weighted by Crippen LogP contribution is -2.50. The molecule has 1 saturated heterocycles. The molecule has 0 atom stereocenters. The van der Waals surface area contributed by atoms with Crippen molar-refractivity contribution >= 4 is 29.0 Å². The molecule has 2 N–H and O–H groups in total. The highest BCUT2D eigenvalue weighted by atomic mass is 19.4. The molecular formula is C28H29F3N4O3. The van der Waals surface area contributed by atoms with Crippen LogP contribution in [-0.4, -0.2) is 49.4 Å². The first-order valence-corrected chi connectivity index (χ1v) is 12.4. The molecule has 0 spiro atoms. The van der Waals surface area contributed by atoms with Gasteiger partial charge in [-0.2, -0.15) is 0 Å². The van der Waals surface area contributed by atoms with Crippen LogP contribution in [0.25, 0.3) is 0 Å². The zero-order valence-corrected chi connectivity index (χ0v) is 20.7. The van der Waals surface area contributed by atoms with Crippen molar-refractivity contribution in [3.8, 4) is 5.75 Å². The second-order valence-electron chi connectivity index (χ2n) is 8.88. The molecule has 0 aliphatic carbocycles. The maximum atomic E-state index is 12.7. The second kappa shape index (κ2) is 12.4. The van der Waals surface area contributed by atoms with E-state index < -0.39 is 18.1 Å². The van der Waals surface area contributed by atoms with Crippen LogP contribution in [0.3, 0.4) is 0 Å². The van der Waals surface area contributed by atoms with Crippen LogP contribution in [0.2, 0.25) is 0 Å². The molecule has 0 unspecified atom stereocenters. The summed E-state index contributed by atoms with van der Waals surface area (Å²) in [6, 6.07) is 22.5. The van der Waals surface area contributed by atoms with E-state index in [1.807, 2.05) is 42.5 Å². The molecule has 4 rings (SSSR count). The van der Waals surface area contributed by atoms with Crippen molar-refractivity contribution in [2.24, 2.45) is 0 Å². The Morgan fingerprint density at radius 2 is 1.47 bits per heavy atom. The summed E-state index contributed by atoms with van der Waals surface area (Å²) in [5.41, 5.74) is 2.84. The SMILES string of the molecule is O=C(CCCc1ccccc1)Nc1ccc(N2CCN(C(=O)Nc3ccccc3OC(F)(F)F)CC2)cc1. The van der Waals surface area contributed by atoms with Gasteiger partial charge in [0.15, 0.2) is 5.75 Å². The lowest BCUT2D eigenvalue weighted by Gasteiger charge is -2.36. The third-order valence-electron chi connectivity index (χ3n) is 6.15. The molecule has 3 amide bonds. The van der Waals surface area contributed by atoms with Crippen LogP contribution in [0.1, 0.15) is 18.4 Å². The maximum Gasteiger partial charge on any atom is 0.573 e. The molecule has 3 aromatic carbocycles. The Kier molecular flexibility index (Phi) is 8.73. The zero-order chi connectivity index (χ0) is 27.0. The molecule has 0 bridgehead atoms. The second-order valence-corrected chi connectivity index (χ2v) is 8.88. The highest BCUT2D eigenvalue weighted by Crippen LogP contribution is 2.30. The maximum absolute atomic E-state index is 12.7.